The molecule has 3 aliphatic rings. The number of amidine groups is 1. The molecule has 0 bridgehead atoms. The molecule has 102 valence electrons. The fourth-order valence-electron chi connectivity index (χ4n) is 2.24. The molecule has 0 spiro atoms. The Bertz CT molecular complexity index is 490. The number of aliphatic imine (C=N–C) groups is 3. The van der Waals surface area contributed by atoms with Crippen LogP contribution in [0.5, 0.6) is 0 Å². The molecule has 9 nitrogen and oxygen atoms in total. The summed E-state index contributed by atoms with van der Waals surface area (Å²) in [6.45, 7) is -0.421. The Morgan fingerprint density at radius 2 is 2.16 bits per heavy atom. The van der Waals surface area contributed by atoms with Gasteiger partial charge < -0.3 is 20.1 Å². The minimum Gasteiger partial charge on any atom is -0.394 e. The van der Waals surface area contributed by atoms with E-state index in [1.54, 1.807) is 0 Å². The lowest BCUT2D eigenvalue weighted by atomic mass is 10.1. The van der Waals surface area contributed by atoms with Crippen molar-refractivity contribution >= 4 is 24.4 Å². The van der Waals surface area contributed by atoms with Crippen LogP contribution in [0.1, 0.15) is 0 Å². The van der Waals surface area contributed by atoms with E-state index in [1.165, 1.54) is 11.2 Å². The molecular weight excluding hydrogens is 256 g/mol. The molecule has 0 aliphatic carbocycles. The minimum absolute atomic E-state index is 0.287. The van der Waals surface area contributed by atoms with Crippen molar-refractivity contribution in [3.8, 4) is 0 Å². The van der Waals surface area contributed by atoms with Crippen LogP contribution in [0.15, 0.2) is 15.0 Å². The molecule has 19 heavy (non-hydrogen) atoms. The summed E-state index contributed by atoms with van der Waals surface area (Å²) in [6.07, 6.45) is -1.86. The normalized spacial score (nSPS) is 40.8. The monoisotopic (exact) mass is 268 g/mol. The summed E-state index contributed by atoms with van der Waals surface area (Å²) < 4.78 is 5.35. The van der Waals surface area contributed by atoms with E-state index in [9.17, 15) is 15.0 Å². The number of amides is 1. The number of hydrogen-bond acceptors (Lipinski definition) is 8. The van der Waals surface area contributed by atoms with Crippen molar-refractivity contribution in [2.45, 2.75) is 30.6 Å². The zero-order chi connectivity index (χ0) is 13.6. The minimum atomic E-state index is -1.24. The number of rotatable bonds is 2. The maximum Gasteiger partial charge on any atom is 0.279 e. The Hall–Kier alpha value is -1.68. The summed E-state index contributed by atoms with van der Waals surface area (Å²) in [5.74, 6) is -0.162. The van der Waals surface area contributed by atoms with Crippen molar-refractivity contribution in [2.75, 3.05) is 6.61 Å². The second-order valence-corrected chi connectivity index (χ2v) is 4.37. The van der Waals surface area contributed by atoms with E-state index in [0.29, 0.717) is 0 Å². The third-order valence-electron chi connectivity index (χ3n) is 3.25. The molecule has 1 saturated heterocycles. The van der Waals surface area contributed by atoms with Gasteiger partial charge >= 0.3 is 0 Å². The highest BCUT2D eigenvalue weighted by atomic mass is 16.6. The van der Waals surface area contributed by atoms with Crippen LogP contribution in [0.4, 0.5) is 0 Å². The molecule has 3 aliphatic heterocycles. The van der Waals surface area contributed by atoms with Crippen LogP contribution in [-0.2, 0) is 9.53 Å². The predicted molar refractivity (Wildman–Crippen MR) is 62.8 cm³/mol. The molecule has 0 aromatic rings. The molecule has 5 unspecified atom stereocenters. The molecule has 9 heteroatoms. The molecule has 0 aromatic heterocycles. The SMILES string of the molecule is O=C1N=CN=C2C1N=CN2C1OC(CO)C(O)C1O. The van der Waals surface area contributed by atoms with Crippen molar-refractivity contribution in [1.29, 1.82) is 0 Å². The van der Waals surface area contributed by atoms with E-state index in [4.69, 9.17) is 9.84 Å². The maximum absolute atomic E-state index is 11.5. The summed E-state index contributed by atoms with van der Waals surface area (Å²) in [6, 6.07) is -0.828. The number of carbonyl (C=O) groups excluding carboxylic acids is 1. The maximum atomic E-state index is 11.5. The second kappa shape index (κ2) is 4.46. The van der Waals surface area contributed by atoms with Crippen molar-refractivity contribution in [1.82, 2.24) is 4.90 Å². The summed E-state index contributed by atoms with van der Waals surface area (Å²) in [5.41, 5.74) is 0. The van der Waals surface area contributed by atoms with Crippen LogP contribution in [0, 0.1) is 0 Å². The van der Waals surface area contributed by atoms with Gasteiger partial charge in [-0.2, -0.15) is 4.99 Å². The first-order valence-electron chi connectivity index (χ1n) is 5.71. The quantitative estimate of drug-likeness (QED) is 0.493. The van der Waals surface area contributed by atoms with E-state index < -0.39 is 43.1 Å². The molecule has 1 fully saturated rings. The fourth-order valence-corrected chi connectivity index (χ4v) is 2.24. The molecule has 3 N–H and O–H groups in total. The van der Waals surface area contributed by atoms with Crippen LogP contribution in [0.2, 0.25) is 0 Å². The van der Waals surface area contributed by atoms with Gasteiger partial charge in [0.25, 0.3) is 5.91 Å². The number of ether oxygens (including phenoxy) is 1. The van der Waals surface area contributed by atoms with Crippen molar-refractivity contribution in [3.05, 3.63) is 0 Å². The number of nitrogens with zero attached hydrogens (tertiary/aromatic N) is 4. The molecule has 3 rings (SSSR count). The Morgan fingerprint density at radius 1 is 1.37 bits per heavy atom. The van der Waals surface area contributed by atoms with Gasteiger partial charge in [-0.1, -0.05) is 0 Å². The van der Waals surface area contributed by atoms with Crippen LogP contribution in [0.3, 0.4) is 0 Å². The third-order valence-corrected chi connectivity index (χ3v) is 3.25. The number of fused-ring (bicyclic) bond motifs is 1. The van der Waals surface area contributed by atoms with E-state index in [-0.39, 0.29) is 5.84 Å². The predicted octanol–water partition coefficient (Wildman–Crippen LogP) is -2.90. The highest BCUT2D eigenvalue weighted by Crippen LogP contribution is 2.26. The number of aliphatic hydroxyl groups is 3. The first-order chi connectivity index (χ1) is 9.13. The van der Waals surface area contributed by atoms with Gasteiger partial charge in [0.1, 0.15) is 30.5 Å². The number of carbonyl (C=O) groups is 1. The van der Waals surface area contributed by atoms with Gasteiger partial charge in [0.05, 0.1) is 12.9 Å². The highest BCUT2D eigenvalue weighted by molar-refractivity contribution is 6.19. The van der Waals surface area contributed by atoms with E-state index in [1.807, 2.05) is 0 Å². The van der Waals surface area contributed by atoms with Crippen LogP contribution in [0.25, 0.3) is 0 Å². The second-order valence-electron chi connectivity index (χ2n) is 4.37. The fraction of sp³-hybridized carbons (Fsp3) is 0.600. The van der Waals surface area contributed by atoms with E-state index in [0.717, 1.165) is 6.34 Å². The zero-order valence-corrected chi connectivity index (χ0v) is 9.70. The van der Waals surface area contributed by atoms with Gasteiger partial charge in [-0.15, -0.1) is 0 Å². The van der Waals surface area contributed by atoms with Crippen LogP contribution < -0.4 is 0 Å². The lowest BCUT2D eigenvalue weighted by Gasteiger charge is -2.26. The Kier molecular flexibility index (Phi) is 2.90. The largest absolute Gasteiger partial charge is 0.394 e. The average Bonchev–Trinajstić information content (AvgIpc) is 2.94. The van der Waals surface area contributed by atoms with E-state index >= 15 is 0 Å². The summed E-state index contributed by atoms with van der Waals surface area (Å²) in [4.78, 5) is 24.3. The summed E-state index contributed by atoms with van der Waals surface area (Å²) in [7, 11) is 0. The van der Waals surface area contributed by atoms with Crippen molar-refractivity contribution < 1.29 is 24.9 Å². The first kappa shape index (κ1) is 12.4. The van der Waals surface area contributed by atoms with Crippen LogP contribution >= 0.6 is 0 Å². The lowest BCUT2D eigenvalue weighted by molar-refractivity contribution is -0.117. The Labute approximate surface area is 107 Å². The Morgan fingerprint density at radius 3 is 2.84 bits per heavy atom. The topological polar surface area (TPSA) is 127 Å². The van der Waals surface area contributed by atoms with Crippen molar-refractivity contribution in [2.24, 2.45) is 15.0 Å². The molecule has 0 radical (unpaired) electrons. The van der Waals surface area contributed by atoms with Crippen LogP contribution in [-0.4, -0.2) is 81.8 Å². The molecule has 5 atom stereocenters. The van der Waals surface area contributed by atoms with Crippen molar-refractivity contribution in [3.63, 3.8) is 0 Å². The standard InChI is InChI=1S/C10H12N4O5/c15-1-4-6(16)7(17)10(19-4)14-3-13-5-8(14)11-2-12-9(5)18/h2-7,10,15-17H,1H2. The molecule has 0 saturated carbocycles. The van der Waals surface area contributed by atoms with E-state index in [2.05, 4.69) is 15.0 Å². The summed E-state index contributed by atoms with van der Waals surface area (Å²) in [5, 5.41) is 28.6. The Balaban J connectivity index is 1.85. The molecular formula is C10H12N4O5. The first-order valence-corrected chi connectivity index (χ1v) is 5.71. The average molecular weight is 268 g/mol. The van der Waals surface area contributed by atoms with Gasteiger partial charge in [0.15, 0.2) is 12.3 Å². The molecule has 1 amide bonds. The van der Waals surface area contributed by atoms with Gasteiger partial charge in [0, 0.05) is 0 Å². The lowest BCUT2D eigenvalue weighted by Crippen LogP contribution is -2.48. The van der Waals surface area contributed by atoms with Gasteiger partial charge in [-0.3, -0.25) is 14.7 Å². The van der Waals surface area contributed by atoms with Gasteiger partial charge in [-0.05, 0) is 0 Å². The van der Waals surface area contributed by atoms with Gasteiger partial charge in [0.2, 0.25) is 0 Å². The molecule has 3 heterocycles. The highest BCUT2D eigenvalue weighted by Gasteiger charge is 2.48. The zero-order valence-electron chi connectivity index (χ0n) is 9.70. The van der Waals surface area contributed by atoms with Gasteiger partial charge in [-0.25, -0.2) is 4.99 Å². The smallest absolute Gasteiger partial charge is 0.279 e. The number of aliphatic hydroxyl groups excluding tert-OH is 3. The third kappa shape index (κ3) is 1.78. The number of hydrogen-bond donors (Lipinski definition) is 3. The summed E-state index contributed by atoms with van der Waals surface area (Å²) >= 11 is 0. The molecule has 0 aromatic carbocycles.